The Hall–Kier alpha value is -3.90. The molecule has 0 saturated carbocycles. The molecule has 0 saturated heterocycles. The second-order valence-corrected chi connectivity index (χ2v) is 21.2. The zero-order valence-corrected chi connectivity index (χ0v) is 49.6. The third kappa shape index (κ3) is 33.0. The van der Waals surface area contributed by atoms with Gasteiger partial charge >= 0.3 is 11.9 Å². The molecule has 0 aliphatic heterocycles. The maximum atomic E-state index is 12.9. The fraction of sp³-hybridized carbons (Fsp3) is 0.836. The lowest BCUT2D eigenvalue weighted by molar-refractivity contribution is -0.157. The van der Waals surface area contributed by atoms with E-state index in [1.807, 2.05) is 0 Å². The molecule has 0 unspecified atom stereocenters. The number of nitrogens with zero attached hydrogens (tertiary/aromatic N) is 1. The number of ether oxygens (including phenoxy) is 6. The van der Waals surface area contributed by atoms with E-state index in [0.29, 0.717) is 97.4 Å². The summed E-state index contributed by atoms with van der Waals surface area (Å²) in [6.45, 7) is 17.0. The van der Waals surface area contributed by atoms with Gasteiger partial charge in [0.15, 0.2) is 0 Å². The number of anilines is 4. The molecule has 0 aliphatic rings. The van der Waals surface area contributed by atoms with Gasteiger partial charge in [-0.2, -0.15) is 0 Å². The van der Waals surface area contributed by atoms with E-state index in [-0.39, 0.29) is 41.2 Å². The molecule has 4 N–H and O–H groups in total. The lowest BCUT2D eigenvalue weighted by Crippen LogP contribution is -2.38. The quantitative estimate of drug-likeness (QED) is 0.0276. The van der Waals surface area contributed by atoms with E-state index in [1.165, 1.54) is 51.4 Å². The van der Waals surface area contributed by atoms with Gasteiger partial charge in [-0.1, -0.05) is 143 Å². The van der Waals surface area contributed by atoms with E-state index in [2.05, 4.69) is 53.9 Å². The highest BCUT2D eigenvalue weighted by molar-refractivity contribution is 5.74. The Balaban J connectivity index is 1.83. The lowest BCUT2D eigenvalue weighted by atomic mass is 10.1. The van der Waals surface area contributed by atoms with E-state index in [1.54, 1.807) is 7.05 Å². The molecule has 2 aromatic rings. The van der Waals surface area contributed by atoms with Crippen molar-refractivity contribution in [3.8, 4) is 0 Å². The van der Waals surface area contributed by atoms with Crippen molar-refractivity contribution in [3.05, 3.63) is 40.9 Å². The van der Waals surface area contributed by atoms with Crippen molar-refractivity contribution in [3.63, 3.8) is 0 Å². The van der Waals surface area contributed by atoms with Gasteiger partial charge in [0.05, 0.1) is 26.4 Å². The number of esters is 2. The zero-order chi connectivity index (χ0) is 56.7. The molecule has 0 amide bonds. The number of hydrogen-bond donors (Lipinski definition) is 4. The molecule has 0 heterocycles. The predicted octanol–water partition coefficient (Wildman–Crippen LogP) is 10.8. The van der Waals surface area contributed by atoms with E-state index >= 15 is 0 Å². The first-order valence-electron chi connectivity index (χ1n) is 31.1. The molecule has 17 heteroatoms. The number of nitrogens with one attached hydrogen (secondary N) is 4. The highest BCUT2D eigenvalue weighted by Crippen LogP contribution is 2.17. The van der Waals surface area contributed by atoms with Gasteiger partial charge in [0.25, 0.3) is 21.7 Å². The summed E-state index contributed by atoms with van der Waals surface area (Å²) in [5.74, 6) is -0.383. The zero-order valence-electron chi connectivity index (χ0n) is 49.6. The summed E-state index contributed by atoms with van der Waals surface area (Å²) in [7, 11) is 1.59. The molecule has 17 nitrogen and oxygen atoms in total. The smallest absolute Gasteiger partial charge is 0.306 e. The first-order chi connectivity index (χ1) is 38.1. The summed E-state index contributed by atoms with van der Waals surface area (Å²) in [6.07, 6.45) is 29.1. The van der Waals surface area contributed by atoms with Crippen molar-refractivity contribution in [1.29, 1.82) is 0 Å². The van der Waals surface area contributed by atoms with E-state index in [0.717, 1.165) is 142 Å². The maximum absolute atomic E-state index is 12.9. The van der Waals surface area contributed by atoms with Gasteiger partial charge < -0.3 is 54.6 Å². The minimum atomic E-state index is -0.542. The second kappa shape index (κ2) is 47.9. The Bertz CT molecular complexity index is 1840. The van der Waals surface area contributed by atoms with E-state index < -0.39 is 21.7 Å². The van der Waals surface area contributed by atoms with Crippen molar-refractivity contribution in [2.75, 3.05) is 120 Å². The van der Waals surface area contributed by atoms with Crippen LogP contribution in [0.15, 0.2) is 19.2 Å². The molecule has 0 bridgehead atoms. The van der Waals surface area contributed by atoms with Crippen LogP contribution in [0.1, 0.15) is 220 Å². The Kier molecular flexibility index (Phi) is 43.1. The van der Waals surface area contributed by atoms with Crippen molar-refractivity contribution in [1.82, 2.24) is 4.90 Å². The van der Waals surface area contributed by atoms with Crippen LogP contribution in [-0.4, -0.2) is 128 Å². The maximum Gasteiger partial charge on any atom is 0.306 e. The van der Waals surface area contributed by atoms with Gasteiger partial charge in [0.1, 0.15) is 35.0 Å². The molecule has 2 rings (SSSR count). The first kappa shape index (κ1) is 70.2. The van der Waals surface area contributed by atoms with E-state index in [9.17, 15) is 28.8 Å². The molecule has 0 fully saturated rings. The van der Waals surface area contributed by atoms with Crippen LogP contribution in [0.4, 0.5) is 22.7 Å². The number of carbonyl (C=O) groups is 2. The number of unbranched alkanes of at least 4 members (excludes halogenated alkanes) is 20. The number of rotatable bonds is 58. The fourth-order valence-corrected chi connectivity index (χ4v) is 9.27. The molecule has 0 aliphatic carbocycles. The monoisotopic (exact) mass is 1100 g/mol. The molecular weight excluding hydrogens is 995 g/mol. The normalized spacial score (nSPS) is 11.7. The summed E-state index contributed by atoms with van der Waals surface area (Å²) >= 11 is 0. The van der Waals surface area contributed by atoms with Gasteiger partial charge in [-0.15, -0.1) is 0 Å². The van der Waals surface area contributed by atoms with Gasteiger partial charge in [-0.3, -0.25) is 28.8 Å². The van der Waals surface area contributed by atoms with Crippen LogP contribution < -0.4 is 43.0 Å². The summed E-state index contributed by atoms with van der Waals surface area (Å²) in [6, 6.07) is 0. The summed E-state index contributed by atoms with van der Waals surface area (Å²) in [5.41, 5.74) is -0.983. The molecule has 0 spiro atoms. The van der Waals surface area contributed by atoms with Crippen LogP contribution in [0.5, 0.6) is 0 Å². The largest absolute Gasteiger partial charge is 0.457 e. The molecular formula is C61H109N5O12. The average Bonchev–Trinajstić information content (AvgIpc) is 3.45. The molecule has 78 heavy (non-hydrogen) atoms. The van der Waals surface area contributed by atoms with Crippen molar-refractivity contribution in [2.45, 2.75) is 233 Å². The van der Waals surface area contributed by atoms with E-state index in [4.69, 9.17) is 28.4 Å². The van der Waals surface area contributed by atoms with Gasteiger partial charge in [0, 0.05) is 66.0 Å². The van der Waals surface area contributed by atoms with Crippen LogP contribution in [0.2, 0.25) is 0 Å². The minimum absolute atomic E-state index is 0.191. The van der Waals surface area contributed by atoms with Gasteiger partial charge in [0.2, 0.25) is 0 Å². The highest BCUT2D eigenvalue weighted by atomic mass is 16.6. The van der Waals surface area contributed by atoms with Gasteiger partial charge in [-0.05, 0) is 83.8 Å². The molecule has 0 atom stereocenters. The first-order valence-corrected chi connectivity index (χ1v) is 31.1. The van der Waals surface area contributed by atoms with Crippen molar-refractivity contribution >= 4 is 34.7 Å². The number of carbonyl (C=O) groups excluding carboxylic acids is 2. The van der Waals surface area contributed by atoms with Gasteiger partial charge in [-0.25, -0.2) is 0 Å². The topological polar surface area (TPSA) is 209 Å². The third-order valence-electron chi connectivity index (χ3n) is 14.1. The summed E-state index contributed by atoms with van der Waals surface area (Å²) < 4.78 is 35.3. The Labute approximate surface area is 469 Å². The van der Waals surface area contributed by atoms with Crippen LogP contribution in [-0.2, 0) is 38.0 Å². The van der Waals surface area contributed by atoms with Crippen LogP contribution in [0, 0.1) is 0 Å². The molecule has 0 radical (unpaired) electrons. The number of hydrogen-bond acceptors (Lipinski definition) is 17. The average molecular weight is 1100 g/mol. The highest BCUT2D eigenvalue weighted by Gasteiger charge is 2.22. The standard InChI is InChI=1S/C61H109N5O12/c1-6-10-14-28-42-73-46-50(47-74-43-29-15-11-7-2)77-52(67)34-24-20-18-22-26-39-66(41-33-38-65-57-56(60(71)61(57)72)64-37-32-36-63-55-54(62-5)58(69)59(55)70)40-27-23-19-21-25-35-53(68)78-51(48-75-44-30-16-12-8-3)49-76-45-31-17-13-9-4/h50-51,62-65H,6-49H2,1-5H3. The lowest BCUT2D eigenvalue weighted by Gasteiger charge is -2.23. The molecule has 450 valence electrons. The molecule has 2 aromatic carbocycles. The Morgan fingerprint density at radius 2 is 0.667 bits per heavy atom. The summed E-state index contributed by atoms with van der Waals surface area (Å²) in [4.78, 5) is 76.8. The molecule has 0 aromatic heterocycles. The fourth-order valence-electron chi connectivity index (χ4n) is 9.27. The van der Waals surface area contributed by atoms with Crippen LogP contribution in [0.25, 0.3) is 0 Å². The van der Waals surface area contributed by atoms with Crippen LogP contribution >= 0.6 is 0 Å². The second-order valence-electron chi connectivity index (χ2n) is 21.2. The minimum Gasteiger partial charge on any atom is -0.457 e. The Morgan fingerprint density at radius 1 is 0.372 bits per heavy atom. The Morgan fingerprint density at radius 3 is 1.03 bits per heavy atom. The summed E-state index contributed by atoms with van der Waals surface area (Å²) in [5, 5.41) is 12.0. The van der Waals surface area contributed by atoms with Crippen LogP contribution in [0.3, 0.4) is 0 Å². The SMILES string of the molecule is CCCCCCOCC(COCCCCCC)OC(=O)CCCCCCCN(CCCCCCCC(=O)OC(COCCCCCC)COCCCCCC)CCCNc1c(NCCCNc2c(NC)c(=O)c2=O)c(=O)c1=O. The predicted molar refractivity (Wildman–Crippen MR) is 318 cm³/mol. The van der Waals surface area contributed by atoms with Crippen molar-refractivity contribution < 1.29 is 38.0 Å². The third-order valence-corrected chi connectivity index (χ3v) is 14.1. The van der Waals surface area contributed by atoms with Crippen molar-refractivity contribution in [2.24, 2.45) is 0 Å².